The third kappa shape index (κ3) is 9.83. The SMILES string of the molecule is C[C@H]1O[C@@H](O[C@H]2[C@@H](O)[C@H](OCCc3ccc(O)c(O)c3)O[C@H](CO[C@@H]3O[C@H](CO)[C@@H](O)[C@H](O)[C@H]3O)[C@H]2OC(=O)/C=C/c2ccc(O)cc2)[C@H](O)[C@H](O)[C@@H]1O. The topological polar surface area (TPSA) is 304 Å². The van der Waals surface area contributed by atoms with Crippen LogP contribution in [-0.4, -0.2) is 174 Å². The number of benzene rings is 2. The molecule has 54 heavy (non-hydrogen) atoms. The van der Waals surface area contributed by atoms with Crippen molar-refractivity contribution in [1.82, 2.24) is 0 Å². The molecule has 0 aromatic heterocycles. The van der Waals surface area contributed by atoms with Crippen molar-refractivity contribution in [3.63, 3.8) is 0 Å². The van der Waals surface area contributed by atoms with Crippen LogP contribution in [0.2, 0.25) is 0 Å². The van der Waals surface area contributed by atoms with E-state index in [1.54, 1.807) is 0 Å². The third-order valence-corrected chi connectivity index (χ3v) is 9.26. The molecule has 3 aliphatic rings. The number of phenolic OH excluding ortho intramolecular Hbond substituents is 3. The van der Waals surface area contributed by atoms with Gasteiger partial charge < -0.3 is 89.3 Å². The molecule has 2 aromatic carbocycles. The van der Waals surface area contributed by atoms with E-state index in [4.69, 9.17) is 33.2 Å². The second-order valence-corrected chi connectivity index (χ2v) is 13.1. The van der Waals surface area contributed by atoms with Gasteiger partial charge in [-0.05, 0) is 54.8 Å². The van der Waals surface area contributed by atoms with Crippen LogP contribution in [0.3, 0.4) is 0 Å². The lowest BCUT2D eigenvalue weighted by Gasteiger charge is -2.47. The highest BCUT2D eigenvalue weighted by Gasteiger charge is 2.53. The summed E-state index contributed by atoms with van der Waals surface area (Å²) in [7, 11) is 0. The van der Waals surface area contributed by atoms with E-state index in [0.717, 1.165) is 6.08 Å². The Kier molecular flexibility index (Phi) is 14.2. The molecule has 0 amide bonds. The molecule has 2 aromatic rings. The second kappa shape index (κ2) is 18.4. The molecule has 15 atom stereocenters. The van der Waals surface area contributed by atoms with Crippen molar-refractivity contribution >= 4 is 12.0 Å². The Balaban J connectivity index is 1.43. The lowest BCUT2D eigenvalue weighted by Crippen LogP contribution is -2.65. The first kappa shape index (κ1) is 41.6. The average Bonchev–Trinajstić information content (AvgIpc) is 3.15. The fourth-order valence-electron chi connectivity index (χ4n) is 6.08. The Morgan fingerprint density at radius 2 is 1.35 bits per heavy atom. The molecule has 300 valence electrons. The van der Waals surface area contributed by atoms with Crippen molar-refractivity contribution in [2.24, 2.45) is 0 Å². The molecule has 3 aliphatic heterocycles. The largest absolute Gasteiger partial charge is 0.508 e. The Morgan fingerprint density at radius 3 is 2.04 bits per heavy atom. The molecule has 0 aliphatic carbocycles. The molecule has 0 spiro atoms. The summed E-state index contributed by atoms with van der Waals surface area (Å²) in [6.07, 6.45) is -21.9. The number of ether oxygens (including phenoxy) is 7. The Labute approximate surface area is 308 Å². The molecule has 3 heterocycles. The molecule has 0 radical (unpaired) electrons. The van der Waals surface area contributed by atoms with E-state index in [2.05, 4.69) is 0 Å². The Bertz CT molecular complexity index is 1540. The van der Waals surface area contributed by atoms with E-state index < -0.39 is 111 Å². The standard InChI is InChI=1S/C35H46O19/c1-15-24(41)26(43)29(46)35(50-15)54-32-30(47)34(48-11-10-17-4-8-19(38)20(39)12-17)52-22(14-49-33-28(45)27(44)25(42)21(13-36)51-33)31(32)53-23(40)9-5-16-2-6-18(37)7-3-16/h2-9,12,15,21-22,24-39,41-47H,10-11,13-14H2,1H3/b9-5+/t15-,21-,22-,24-,25-,26-,27+,28-,29-,30-,31-,32+,33-,34-,35+/m1/s1. The summed E-state index contributed by atoms with van der Waals surface area (Å²) in [6.45, 7) is -0.167. The number of carbonyl (C=O) groups excluding carboxylic acids is 1. The van der Waals surface area contributed by atoms with Gasteiger partial charge in [0.05, 0.1) is 25.9 Å². The number of aliphatic hydroxyl groups excluding tert-OH is 8. The summed E-state index contributed by atoms with van der Waals surface area (Å²) in [6, 6.07) is 9.88. The summed E-state index contributed by atoms with van der Waals surface area (Å²) in [4.78, 5) is 13.3. The summed E-state index contributed by atoms with van der Waals surface area (Å²) in [5.41, 5.74) is 1.02. The minimum Gasteiger partial charge on any atom is -0.508 e. The number of carbonyl (C=O) groups is 1. The quantitative estimate of drug-likeness (QED) is 0.0553. The van der Waals surface area contributed by atoms with Crippen molar-refractivity contribution in [1.29, 1.82) is 0 Å². The zero-order valence-electron chi connectivity index (χ0n) is 28.9. The summed E-state index contributed by atoms with van der Waals surface area (Å²) in [5, 5.41) is 113. The van der Waals surface area contributed by atoms with Gasteiger partial charge in [-0.25, -0.2) is 4.79 Å². The van der Waals surface area contributed by atoms with E-state index in [1.807, 2.05) is 0 Å². The molecule has 5 rings (SSSR count). The lowest BCUT2D eigenvalue weighted by atomic mass is 9.96. The first-order chi connectivity index (χ1) is 25.7. The van der Waals surface area contributed by atoms with Gasteiger partial charge in [-0.3, -0.25) is 0 Å². The number of hydrogen-bond acceptors (Lipinski definition) is 19. The van der Waals surface area contributed by atoms with Crippen LogP contribution in [-0.2, 0) is 44.4 Å². The van der Waals surface area contributed by atoms with Crippen LogP contribution in [0.1, 0.15) is 18.1 Å². The van der Waals surface area contributed by atoms with E-state index in [0.29, 0.717) is 11.1 Å². The second-order valence-electron chi connectivity index (χ2n) is 13.1. The minimum absolute atomic E-state index is 0.0117. The minimum atomic E-state index is -1.86. The van der Waals surface area contributed by atoms with Crippen LogP contribution in [0.25, 0.3) is 6.08 Å². The predicted octanol–water partition coefficient (Wildman–Crippen LogP) is -2.90. The Morgan fingerprint density at radius 1 is 0.704 bits per heavy atom. The summed E-state index contributed by atoms with van der Waals surface area (Å²) in [5.74, 6) is -1.74. The van der Waals surface area contributed by atoms with Crippen molar-refractivity contribution < 1.29 is 94.1 Å². The maximum Gasteiger partial charge on any atom is 0.331 e. The fourth-order valence-corrected chi connectivity index (χ4v) is 6.08. The number of hydrogen-bond donors (Lipinski definition) is 11. The predicted molar refractivity (Wildman–Crippen MR) is 178 cm³/mol. The molecule has 19 heteroatoms. The molecule has 0 bridgehead atoms. The highest BCUT2D eigenvalue weighted by atomic mass is 16.8. The van der Waals surface area contributed by atoms with E-state index >= 15 is 0 Å². The van der Waals surface area contributed by atoms with Crippen LogP contribution in [0.15, 0.2) is 48.5 Å². The van der Waals surface area contributed by atoms with Crippen LogP contribution >= 0.6 is 0 Å². The zero-order valence-corrected chi connectivity index (χ0v) is 28.9. The number of phenols is 3. The highest BCUT2D eigenvalue weighted by Crippen LogP contribution is 2.33. The van der Waals surface area contributed by atoms with Crippen molar-refractivity contribution in [2.45, 2.75) is 105 Å². The van der Waals surface area contributed by atoms with Gasteiger partial charge in [0.1, 0.15) is 66.8 Å². The number of rotatable bonds is 13. The smallest absolute Gasteiger partial charge is 0.331 e. The monoisotopic (exact) mass is 770 g/mol. The highest BCUT2D eigenvalue weighted by molar-refractivity contribution is 5.87. The normalized spacial score (nSPS) is 37.3. The van der Waals surface area contributed by atoms with E-state index in [9.17, 15) is 61.0 Å². The van der Waals surface area contributed by atoms with Crippen LogP contribution < -0.4 is 0 Å². The lowest BCUT2D eigenvalue weighted by molar-refractivity contribution is -0.364. The first-order valence-electron chi connectivity index (χ1n) is 17.1. The van der Waals surface area contributed by atoms with Crippen LogP contribution in [0.5, 0.6) is 17.2 Å². The zero-order chi connectivity index (χ0) is 39.3. The van der Waals surface area contributed by atoms with Gasteiger partial charge in [-0.2, -0.15) is 0 Å². The molecule has 19 nitrogen and oxygen atoms in total. The van der Waals surface area contributed by atoms with E-state index in [1.165, 1.54) is 55.5 Å². The Hall–Kier alpha value is -3.51. The number of esters is 1. The molecule has 3 saturated heterocycles. The fraction of sp³-hybridized carbons (Fsp3) is 0.571. The van der Waals surface area contributed by atoms with Gasteiger partial charge in [0.2, 0.25) is 0 Å². The van der Waals surface area contributed by atoms with Crippen molar-refractivity contribution in [2.75, 3.05) is 19.8 Å². The first-order valence-corrected chi connectivity index (χ1v) is 17.1. The summed E-state index contributed by atoms with van der Waals surface area (Å²) < 4.78 is 40.3. The molecule has 11 N–H and O–H groups in total. The number of aliphatic hydroxyl groups is 8. The van der Waals surface area contributed by atoms with Crippen LogP contribution in [0, 0.1) is 0 Å². The van der Waals surface area contributed by atoms with Gasteiger partial charge in [-0.15, -0.1) is 0 Å². The number of aromatic hydroxyl groups is 3. The maximum absolute atomic E-state index is 13.3. The molecule has 0 saturated carbocycles. The van der Waals surface area contributed by atoms with Gasteiger partial charge in [-0.1, -0.05) is 18.2 Å². The average molecular weight is 771 g/mol. The third-order valence-electron chi connectivity index (χ3n) is 9.26. The maximum atomic E-state index is 13.3. The summed E-state index contributed by atoms with van der Waals surface area (Å²) >= 11 is 0. The molecule has 0 unspecified atom stereocenters. The molecule has 3 fully saturated rings. The van der Waals surface area contributed by atoms with Gasteiger partial charge in [0.25, 0.3) is 0 Å². The van der Waals surface area contributed by atoms with Crippen LogP contribution in [0.4, 0.5) is 0 Å². The van der Waals surface area contributed by atoms with Gasteiger partial charge >= 0.3 is 5.97 Å². The van der Waals surface area contributed by atoms with E-state index in [-0.39, 0.29) is 30.3 Å². The van der Waals surface area contributed by atoms with Crippen molar-refractivity contribution in [3.05, 3.63) is 59.7 Å². The van der Waals surface area contributed by atoms with Gasteiger partial charge in [0.15, 0.2) is 36.5 Å². The molecular formula is C35H46O19. The molecular weight excluding hydrogens is 724 g/mol. The van der Waals surface area contributed by atoms with Gasteiger partial charge in [0, 0.05) is 6.08 Å². The van der Waals surface area contributed by atoms with Crippen molar-refractivity contribution in [3.8, 4) is 17.2 Å².